The Balaban J connectivity index is 1.91. The average molecular weight is 258 g/mol. The molecule has 0 atom stereocenters. The van der Waals surface area contributed by atoms with Gasteiger partial charge in [-0.3, -0.25) is 4.79 Å². The normalized spacial score (nSPS) is 14.9. The Kier molecular flexibility index (Phi) is 4.34. The van der Waals surface area contributed by atoms with E-state index in [4.69, 9.17) is 4.74 Å². The Morgan fingerprint density at radius 2 is 2.16 bits per heavy atom. The van der Waals surface area contributed by atoms with Crippen LogP contribution in [0, 0.1) is 5.92 Å². The zero-order valence-electron chi connectivity index (χ0n) is 11.1. The second-order valence-corrected chi connectivity index (χ2v) is 4.59. The fourth-order valence-corrected chi connectivity index (χ4v) is 1.65. The summed E-state index contributed by atoms with van der Waals surface area (Å²) in [7, 11) is 0. The molecule has 0 aliphatic heterocycles. The molecular formula is C15H18N2O2. The van der Waals surface area contributed by atoms with Gasteiger partial charge in [0, 0.05) is 11.3 Å². The van der Waals surface area contributed by atoms with Gasteiger partial charge in [-0.2, -0.15) is 5.10 Å². The summed E-state index contributed by atoms with van der Waals surface area (Å²) in [5.74, 6) is 1.08. The Morgan fingerprint density at radius 1 is 1.47 bits per heavy atom. The second-order valence-electron chi connectivity index (χ2n) is 4.59. The minimum Gasteiger partial charge on any atom is -0.490 e. The zero-order chi connectivity index (χ0) is 13.7. The molecule has 0 unspecified atom stereocenters. The van der Waals surface area contributed by atoms with Crippen LogP contribution in [0.5, 0.6) is 5.75 Å². The average Bonchev–Trinajstić information content (AvgIpc) is 3.27. The van der Waals surface area contributed by atoms with Crippen molar-refractivity contribution in [3.63, 3.8) is 0 Å². The van der Waals surface area contributed by atoms with Crippen molar-refractivity contribution in [2.75, 3.05) is 6.61 Å². The van der Waals surface area contributed by atoms with Crippen LogP contribution < -0.4 is 10.2 Å². The van der Waals surface area contributed by atoms with E-state index in [2.05, 4.69) is 17.1 Å². The van der Waals surface area contributed by atoms with E-state index in [1.165, 1.54) is 12.8 Å². The summed E-state index contributed by atoms with van der Waals surface area (Å²) >= 11 is 0. The van der Waals surface area contributed by atoms with Crippen molar-refractivity contribution in [3.8, 4) is 5.75 Å². The molecule has 1 aliphatic carbocycles. The molecule has 19 heavy (non-hydrogen) atoms. The molecule has 4 nitrogen and oxygen atoms in total. The summed E-state index contributed by atoms with van der Waals surface area (Å²) in [6.45, 7) is 5.98. The SMILES string of the molecule is C=CCOc1ccc(C(=O)NN=C(C)C2CC2)cc1. The third-order valence-corrected chi connectivity index (χ3v) is 2.99. The van der Waals surface area contributed by atoms with Gasteiger partial charge in [-0.25, -0.2) is 5.43 Å². The summed E-state index contributed by atoms with van der Waals surface area (Å²) in [6, 6.07) is 6.96. The van der Waals surface area contributed by atoms with Crippen LogP contribution in [0.3, 0.4) is 0 Å². The first-order valence-corrected chi connectivity index (χ1v) is 6.39. The molecule has 1 aromatic rings. The van der Waals surface area contributed by atoms with Gasteiger partial charge in [0.1, 0.15) is 12.4 Å². The summed E-state index contributed by atoms with van der Waals surface area (Å²) in [5, 5.41) is 4.11. The number of hydrogen-bond donors (Lipinski definition) is 1. The summed E-state index contributed by atoms with van der Waals surface area (Å²) < 4.78 is 5.35. The van der Waals surface area contributed by atoms with E-state index in [-0.39, 0.29) is 5.91 Å². The summed E-state index contributed by atoms with van der Waals surface area (Å²) in [4.78, 5) is 11.8. The van der Waals surface area contributed by atoms with Crippen molar-refractivity contribution in [2.24, 2.45) is 11.0 Å². The summed E-state index contributed by atoms with van der Waals surface area (Å²) in [5.41, 5.74) is 4.14. The number of carbonyl (C=O) groups is 1. The number of nitrogens with one attached hydrogen (secondary N) is 1. The van der Waals surface area contributed by atoms with Crippen molar-refractivity contribution in [1.82, 2.24) is 5.43 Å². The van der Waals surface area contributed by atoms with E-state index >= 15 is 0 Å². The van der Waals surface area contributed by atoms with E-state index < -0.39 is 0 Å². The third-order valence-electron chi connectivity index (χ3n) is 2.99. The van der Waals surface area contributed by atoms with Gasteiger partial charge in [0.2, 0.25) is 0 Å². The van der Waals surface area contributed by atoms with Crippen molar-refractivity contribution in [1.29, 1.82) is 0 Å². The maximum atomic E-state index is 11.8. The Hall–Kier alpha value is -2.10. The first kappa shape index (κ1) is 13.3. The highest BCUT2D eigenvalue weighted by molar-refractivity contribution is 5.95. The lowest BCUT2D eigenvalue weighted by molar-refractivity contribution is 0.0954. The highest BCUT2D eigenvalue weighted by Crippen LogP contribution is 2.30. The van der Waals surface area contributed by atoms with E-state index in [1.54, 1.807) is 30.3 Å². The second kappa shape index (κ2) is 6.18. The van der Waals surface area contributed by atoms with Gasteiger partial charge in [0.25, 0.3) is 5.91 Å². The maximum absolute atomic E-state index is 11.8. The number of hydrogen-bond acceptors (Lipinski definition) is 3. The number of amides is 1. The minimum absolute atomic E-state index is 0.199. The topological polar surface area (TPSA) is 50.7 Å². The molecule has 0 saturated heterocycles. The number of hydrazone groups is 1. The predicted molar refractivity (Wildman–Crippen MR) is 75.4 cm³/mol. The molecule has 0 bridgehead atoms. The van der Waals surface area contributed by atoms with Crippen LogP contribution >= 0.6 is 0 Å². The van der Waals surface area contributed by atoms with Crippen LogP contribution in [0.4, 0.5) is 0 Å². The molecule has 100 valence electrons. The van der Waals surface area contributed by atoms with Crippen molar-refractivity contribution < 1.29 is 9.53 Å². The molecule has 1 N–H and O–H groups in total. The smallest absolute Gasteiger partial charge is 0.271 e. The van der Waals surface area contributed by atoms with Crippen LogP contribution in [-0.4, -0.2) is 18.2 Å². The van der Waals surface area contributed by atoms with Gasteiger partial charge in [-0.15, -0.1) is 0 Å². The van der Waals surface area contributed by atoms with E-state index in [1.807, 2.05) is 6.92 Å². The van der Waals surface area contributed by atoms with Crippen LogP contribution in [0.15, 0.2) is 42.0 Å². The lowest BCUT2D eigenvalue weighted by Crippen LogP contribution is -2.19. The molecule has 4 heteroatoms. The standard InChI is InChI=1S/C15H18N2O2/c1-3-10-19-14-8-6-13(7-9-14)15(18)17-16-11(2)12-4-5-12/h3,6-9,12H,1,4-5,10H2,2H3,(H,17,18). The Labute approximate surface area is 113 Å². The number of benzene rings is 1. The van der Waals surface area contributed by atoms with Crippen molar-refractivity contribution in [2.45, 2.75) is 19.8 Å². The fourth-order valence-electron chi connectivity index (χ4n) is 1.65. The first-order valence-electron chi connectivity index (χ1n) is 6.39. The lowest BCUT2D eigenvalue weighted by atomic mass is 10.2. The molecule has 1 amide bonds. The highest BCUT2D eigenvalue weighted by Gasteiger charge is 2.24. The first-order chi connectivity index (χ1) is 9.20. The molecule has 0 heterocycles. The van der Waals surface area contributed by atoms with Gasteiger partial charge >= 0.3 is 0 Å². The van der Waals surface area contributed by atoms with Gasteiger partial charge in [-0.1, -0.05) is 12.7 Å². The van der Waals surface area contributed by atoms with Crippen molar-refractivity contribution in [3.05, 3.63) is 42.5 Å². The summed E-state index contributed by atoms with van der Waals surface area (Å²) in [6.07, 6.45) is 4.04. The molecule has 1 saturated carbocycles. The predicted octanol–water partition coefficient (Wildman–Crippen LogP) is 2.77. The van der Waals surface area contributed by atoms with E-state index in [0.717, 1.165) is 5.71 Å². The molecule has 1 aliphatic rings. The molecule has 0 aromatic heterocycles. The van der Waals surface area contributed by atoms with Gasteiger partial charge < -0.3 is 4.74 Å². The number of rotatable bonds is 6. The number of ether oxygens (including phenoxy) is 1. The van der Waals surface area contributed by atoms with E-state index in [0.29, 0.717) is 23.8 Å². The number of nitrogens with zero attached hydrogens (tertiary/aromatic N) is 1. The van der Waals surface area contributed by atoms with Gasteiger partial charge in [-0.05, 0) is 49.9 Å². The molecule has 2 rings (SSSR count). The third kappa shape index (κ3) is 3.95. The number of carbonyl (C=O) groups excluding carboxylic acids is 1. The van der Waals surface area contributed by atoms with Crippen molar-refractivity contribution >= 4 is 11.6 Å². The Morgan fingerprint density at radius 3 is 2.74 bits per heavy atom. The fraction of sp³-hybridized carbons (Fsp3) is 0.333. The van der Waals surface area contributed by atoms with E-state index in [9.17, 15) is 4.79 Å². The molecule has 0 spiro atoms. The van der Waals surface area contributed by atoms with Gasteiger partial charge in [0.15, 0.2) is 0 Å². The van der Waals surface area contributed by atoms with Crippen LogP contribution in [0.2, 0.25) is 0 Å². The van der Waals surface area contributed by atoms with Crippen LogP contribution in [0.1, 0.15) is 30.1 Å². The molecule has 1 fully saturated rings. The van der Waals surface area contributed by atoms with Gasteiger partial charge in [0.05, 0.1) is 0 Å². The minimum atomic E-state index is -0.199. The lowest BCUT2D eigenvalue weighted by Gasteiger charge is -2.05. The molecule has 1 aromatic carbocycles. The highest BCUT2D eigenvalue weighted by atomic mass is 16.5. The monoisotopic (exact) mass is 258 g/mol. The van der Waals surface area contributed by atoms with Crippen LogP contribution in [-0.2, 0) is 0 Å². The largest absolute Gasteiger partial charge is 0.490 e. The zero-order valence-corrected chi connectivity index (χ0v) is 11.1. The quantitative estimate of drug-likeness (QED) is 0.484. The Bertz CT molecular complexity index is 487. The molecular weight excluding hydrogens is 240 g/mol. The molecule has 0 radical (unpaired) electrons. The maximum Gasteiger partial charge on any atom is 0.271 e. The van der Waals surface area contributed by atoms with Crippen LogP contribution in [0.25, 0.3) is 0 Å².